The van der Waals surface area contributed by atoms with Crippen LogP contribution in [0.15, 0.2) is 0 Å². The number of amides is 1. The minimum absolute atomic E-state index is 0.174. The van der Waals surface area contributed by atoms with Crippen LogP contribution in [0.5, 0.6) is 0 Å². The Morgan fingerprint density at radius 3 is 2.85 bits per heavy atom. The van der Waals surface area contributed by atoms with E-state index in [4.69, 9.17) is 18.0 Å². The predicted molar refractivity (Wildman–Crippen MR) is 84.7 cm³/mol. The van der Waals surface area contributed by atoms with E-state index < -0.39 is 0 Å². The molecule has 2 saturated heterocycles. The van der Waals surface area contributed by atoms with E-state index in [1.54, 1.807) is 4.90 Å². The number of carbonyl (C=O) groups excluding carboxylic acids is 1. The Balaban J connectivity index is 1.79. The standard InChI is InChI=1S/C14H26N4OS/c1-16(9-5-13(15)20)14(19)11-17-6-3-8-18-7-2-4-12(18)10-17/h12H,2-11H2,1H3,(H2,15,20). The quantitative estimate of drug-likeness (QED) is 0.740. The van der Waals surface area contributed by atoms with Gasteiger partial charge in [-0.25, -0.2) is 0 Å². The first-order valence-electron chi connectivity index (χ1n) is 7.55. The zero-order chi connectivity index (χ0) is 14.5. The highest BCUT2D eigenvalue weighted by molar-refractivity contribution is 7.80. The number of hydrogen-bond donors (Lipinski definition) is 1. The highest BCUT2D eigenvalue weighted by Crippen LogP contribution is 2.21. The van der Waals surface area contributed by atoms with Crippen LogP contribution in [-0.4, -0.2) is 78.0 Å². The van der Waals surface area contributed by atoms with Gasteiger partial charge in [0.15, 0.2) is 0 Å². The van der Waals surface area contributed by atoms with Crippen molar-refractivity contribution in [1.82, 2.24) is 14.7 Å². The Hall–Kier alpha value is -0.720. The summed E-state index contributed by atoms with van der Waals surface area (Å²) < 4.78 is 0. The maximum Gasteiger partial charge on any atom is 0.236 e. The Morgan fingerprint density at radius 1 is 1.35 bits per heavy atom. The van der Waals surface area contributed by atoms with Gasteiger partial charge < -0.3 is 10.6 Å². The number of thiocarbonyl (C=S) groups is 1. The molecule has 2 fully saturated rings. The lowest BCUT2D eigenvalue weighted by Crippen LogP contribution is -2.43. The van der Waals surface area contributed by atoms with E-state index in [1.807, 2.05) is 7.05 Å². The molecule has 0 spiro atoms. The molecule has 0 aromatic carbocycles. The topological polar surface area (TPSA) is 52.8 Å². The van der Waals surface area contributed by atoms with E-state index in [1.165, 1.54) is 32.4 Å². The number of carbonyl (C=O) groups is 1. The SMILES string of the molecule is CN(CCC(N)=S)C(=O)CN1CCCN2CCCC2C1. The maximum absolute atomic E-state index is 12.2. The molecule has 0 bridgehead atoms. The normalized spacial score (nSPS) is 24.1. The fourth-order valence-electron chi connectivity index (χ4n) is 3.14. The average molecular weight is 298 g/mol. The summed E-state index contributed by atoms with van der Waals surface area (Å²) in [7, 11) is 1.83. The second-order valence-corrected chi connectivity index (χ2v) is 6.48. The van der Waals surface area contributed by atoms with Gasteiger partial charge in [0, 0.05) is 32.6 Å². The molecule has 2 N–H and O–H groups in total. The largest absolute Gasteiger partial charge is 0.393 e. The molecule has 1 unspecified atom stereocenters. The molecule has 2 aliphatic heterocycles. The molecule has 114 valence electrons. The van der Waals surface area contributed by atoms with Crippen LogP contribution in [0, 0.1) is 0 Å². The van der Waals surface area contributed by atoms with E-state index in [2.05, 4.69) is 9.80 Å². The maximum atomic E-state index is 12.2. The summed E-state index contributed by atoms with van der Waals surface area (Å²) in [5, 5.41) is 0. The van der Waals surface area contributed by atoms with Gasteiger partial charge in [0.1, 0.15) is 0 Å². The highest BCUT2D eigenvalue weighted by Gasteiger charge is 2.29. The zero-order valence-electron chi connectivity index (χ0n) is 12.4. The van der Waals surface area contributed by atoms with Crippen LogP contribution in [0.4, 0.5) is 0 Å². The van der Waals surface area contributed by atoms with Crippen molar-refractivity contribution in [1.29, 1.82) is 0 Å². The molecule has 5 nitrogen and oxygen atoms in total. The van der Waals surface area contributed by atoms with E-state index in [0.29, 0.717) is 30.5 Å². The lowest BCUT2D eigenvalue weighted by molar-refractivity contribution is -0.131. The fourth-order valence-corrected chi connectivity index (χ4v) is 3.23. The van der Waals surface area contributed by atoms with Crippen molar-refractivity contribution in [3.8, 4) is 0 Å². The lowest BCUT2D eigenvalue weighted by Gasteiger charge is -2.27. The smallest absolute Gasteiger partial charge is 0.236 e. The van der Waals surface area contributed by atoms with Crippen LogP contribution in [0.3, 0.4) is 0 Å². The number of rotatable bonds is 5. The second kappa shape index (κ2) is 7.33. The Labute approximate surface area is 127 Å². The molecule has 2 heterocycles. The number of fused-ring (bicyclic) bond motifs is 1. The van der Waals surface area contributed by atoms with Crippen LogP contribution in [0.25, 0.3) is 0 Å². The predicted octanol–water partition coefficient (Wildman–Crippen LogP) is 0.291. The Bertz CT molecular complexity index is 363. The van der Waals surface area contributed by atoms with Gasteiger partial charge in [-0.2, -0.15) is 0 Å². The van der Waals surface area contributed by atoms with Gasteiger partial charge in [0.2, 0.25) is 5.91 Å². The molecular formula is C14H26N4OS. The van der Waals surface area contributed by atoms with Crippen molar-refractivity contribution in [3.63, 3.8) is 0 Å². The minimum atomic E-state index is 0.174. The average Bonchev–Trinajstić information content (AvgIpc) is 2.75. The van der Waals surface area contributed by atoms with Crippen molar-refractivity contribution in [2.45, 2.75) is 31.7 Å². The summed E-state index contributed by atoms with van der Waals surface area (Å²) in [6.07, 6.45) is 4.36. The number of nitrogens with zero attached hydrogens (tertiary/aromatic N) is 3. The summed E-state index contributed by atoms with van der Waals surface area (Å²) in [4.78, 5) is 19.3. The fraction of sp³-hybridized carbons (Fsp3) is 0.857. The van der Waals surface area contributed by atoms with Gasteiger partial charge in [-0.1, -0.05) is 12.2 Å². The molecule has 6 heteroatoms. The molecule has 0 aromatic heterocycles. The zero-order valence-corrected chi connectivity index (χ0v) is 13.2. The summed E-state index contributed by atoms with van der Waals surface area (Å²) in [6.45, 7) is 5.64. The summed E-state index contributed by atoms with van der Waals surface area (Å²) in [5.41, 5.74) is 5.48. The van der Waals surface area contributed by atoms with E-state index in [0.717, 1.165) is 13.1 Å². The number of likely N-dealkylation sites (N-methyl/N-ethyl adjacent to an activating group) is 1. The molecular weight excluding hydrogens is 272 g/mol. The molecule has 20 heavy (non-hydrogen) atoms. The molecule has 0 aliphatic carbocycles. The van der Waals surface area contributed by atoms with Crippen LogP contribution >= 0.6 is 12.2 Å². The van der Waals surface area contributed by atoms with Crippen LogP contribution in [0.2, 0.25) is 0 Å². The molecule has 1 amide bonds. The lowest BCUT2D eigenvalue weighted by atomic mass is 10.2. The summed E-state index contributed by atoms with van der Waals surface area (Å²) in [6, 6.07) is 0.659. The van der Waals surface area contributed by atoms with Gasteiger partial charge >= 0.3 is 0 Å². The molecule has 2 aliphatic rings. The monoisotopic (exact) mass is 298 g/mol. The van der Waals surface area contributed by atoms with Gasteiger partial charge in [0.25, 0.3) is 0 Å². The molecule has 0 radical (unpaired) electrons. The molecule has 0 aromatic rings. The van der Waals surface area contributed by atoms with Crippen LogP contribution < -0.4 is 5.73 Å². The van der Waals surface area contributed by atoms with Crippen molar-refractivity contribution in [3.05, 3.63) is 0 Å². The third-order valence-corrected chi connectivity index (χ3v) is 4.57. The summed E-state index contributed by atoms with van der Waals surface area (Å²) >= 11 is 4.85. The van der Waals surface area contributed by atoms with E-state index >= 15 is 0 Å². The van der Waals surface area contributed by atoms with Gasteiger partial charge in [0.05, 0.1) is 11.5 Å². The van der Waals surface area contributed by atoms with E-state index in [9.17, 15) is 4.79 Å². The molecule has 0 saturated carbocycles. The summed E-state index contributed by atoms with van der Waals surface area (Å²) in [5.74, 6) is 0.174. The molecule has 2 rings (SSSR count). The minimum Gasteiger partial charge on any atom is -0.393 e. The van der Waals surface area contributed by atoms with Crippen molar-refractivity contribution >= 4 is 23.1 Å². The Morgan fingerprint density at radius 2 is 2.10 bits per heavy atom. The Kier molecular flexibility index (Phi) is 5.74. The molecule has 1 atom stereocenters. The number of hydrogen-bond acceptors (Lipinski definition) is 4. The first-order chi connectivity index (χ1) is 9.56. The van der Waals surface area contributed by atoms with E-state index in [-0.39, 0.29) is 5.91 Å². The van der Waals surface area contributed by atoms with Crippen molar-refractivity contribution in [2.75, 3.05) is 46.3 Å². The van der Waals surface area contributed by atoms with Crippen LogP contribution in [-0.2, 0) is 4.79 Å². The third kappa shape index (κ3) is 4.40. The third-order valence-electron chi connectivity index (χ3n) is 4.37. The van der Waals surface area contributed by atoms with Gasteiger partial charge in [-0.05, 0) is 38.9 Å². The second-order valence-electron chi connectivity index (χ2n) is 5.95. The number of nitrogens with two attached hydrogens (primary N) is 1. The van der Waals surface area contributed by atoms with Gasteiger partial charge in [-0.15, -0.1) is 0 Å². The van der Waals surface area contributed by atoms with Crippen molar-refractivity contribution < 1.29 is 4.79 Å². The van der Waals surface area contributed by atoms with Gasteiger partial charge in [-0.3, -0.25) is 14.6 Å². The first kappa shape index (κ1) is 15.7. The van der Waals surface area contributed by atoms with Crippen LogP contribution in [0.1, 0.15) is 25.7 Å². The highest BCUT2D eigenvalue weighted by atomic mass is 32.1. The van der Waals surface area contributed by atoms with Crippen molar-refractivity contribution in [2.24, 2.45) is 5.73 Å². The first-order valence-corrected chi connectivity index (χ1v) is 7.96.